The van der Waals surface area contributed by atoms with Crippen molar-refractivity contribution in [1.29, 1.82) is 0 Å². The smallest absolute Gasteiger partial charge is 0.382 e. The van der Waals surface area contributed by atoms with Crippen LogP contribution in [0.25, 0.3) is 5.65 Å². The second kappa shape index (κ2) is 9.16. The molecule has 1 aromatic carbocycles. The van der Waals surface area contributed by atoms with Crippen LogP contribution >= 0.6 is 0 Å². The fourth-order valence-corrected chi connectivity index (χ4v) is 4.01. The number of hydrogen-bond donors (Lipinski definition) is 0. The number of carbonyl (C=O) groups is 3. The number of rotatable bonds is 6. The molecule has 3 heterocycles. The molecule has 0 atom stereocenters. The summed E-state index contributed by atoms with van der Waals surface area (Å²) in [7, 11) is 2.45. The molecule has 1 aliphatic heterocycles. The Hall–Kier alpha value is -3.89. The standard InChI is InChI=1S/C23H22F2N4O5/c1-33-17-11-18-26-27-20(19(30)22(32)34-2)29(18)13-16(17)21(31)28-9-7-23(25,8-10-28)12-14-3-5-15(24)6-4-14/h3-6,11,13H,7-10,12H2,1-2H3. The number of esters is 1. The van der Waals surface area contributed by atoms with Crippen molar-refractivity contribution < 1.29 is 32.6 Å². The number of piperidine rings is 1. The first-order chi connectivity index (χ1) is 16.2. The van der Waals surface area contributed by atoms with Gasteiger partial charge in [0.25, 0.3) is 5.91 Å². The van der Waals surface area contributed by atoms with Crippen molar-refractivity contribution in [2.75, 3.05) is 27.3 Å². The molecule has 0 bridgehead atoms. The lowest BCUT2D eigenvalue weighted by Gasteiger charge is -2.36. The Morgan fingerprint density at radius 1 is 1.09 bits per heavy atom. The van der Waals surface area contributed by atoms with Crippen LogP contribution in [0.2, 0.25) is 0 Å². The van der Waals surface area contributed by atoms with E-state index < -0.39 is 23.3 Å². The lowest BCUT2D eigenvalue weighted by molar-refractivity contribution is -0.135. The summed E-state index contributed by atoms with van der Waals surface area (Å²) in [5.74, 6) is -3.04. The van der Waals surface area contributed by atoms with Gasteiger partial charge in [-0.05, 0) is 30.5 Å². The van der Waals surface area contributed by atoms with Crippen molar-refractivity contribution in [1.82, 2.24) is 19.5 Å². The van der Waals surface area contributed by atoms with E-state index in [9.17, 15) is 18.8 Å². The number of nitrogens with zero attached hydrogens (tertiary/aromatic N) is 4. The van der Waals surface area contributed by atoms with Gasteiger partial charge in [0.05, 0.1) is 19.8 Å². The van der Waals surface area contributed by atoms with Gasteiger partial charge in [0.2, 0.25) is 5.82 Å². The van der Waals surface area contributed by atoms with Gasteiger partial charge in [-0.2, -0.15) is 0 Å². The average Bonchev–Trinajstić information content (AvgIpc) is 3.26. The molecule has 0 spiro atoms. The molecule has 1 saturated heterocycles. The number of likely N-dealkylation sites (tertiary alicyclic amines) is 1. The van der Waals surface area contributed by atoms with Crippen molar-refractivity contribution in [2.24, 2.45) is 0 Å². The molecular weight excluding hydrogens is 450 g/mol. The minimum atomic E-state index is -1.52. The van der Waals surface area contributed by atoms with Gasteiger partial charge in [-0.3, -0.25) is 14.0 Å². The summed E-state index contributed by atoms with van der Waals surface area (Å²) < 4.78 is 39.5. The van der Waals surface area contributed by atoms with Crippen molar-refractivity contribution in [3.8, 4) is 5.75 Å². The zero-order chi connectivity index (χ0) is 24.5. The molecule has 1 amide bonds. The number of aromatic nitrogens is 3. The maximum absolute atomic E-state index is 15.4. The van der Waals surface area contributed by atoms with Crippen LogP contribution < -0.4 is 4.74 Å². The third-order valence-corrected chi connectivity index (χ3v) is 5.91. The van der Waals surface area contributed by atoms with E-state index in [-0.39, 0.29) is 61.0 Å². The highest BCUT2D eigenvalue weighted by atomic mass is 19.1. The third kappa shape index (κ3) is 4.45. The predicted octanol–water partition coefficient (Wildman–Crippen LogP) is 2.42. The molecule has 1 fully saturated rings. The Kier molecular flexibility index (Phi) is 6.27. The minimum Gasteiger partial charge on any atom is -0.496 e. The maximum atomic E-state index is 15.4. The van der Waals surface area contributed by atoms with Crippen LogP contribution in [0.3, 0.4) is 0 Å². The maximum Gasteiger partial charge on any atom is 0.382 e. The zero-order valence-corrected chi connectivity index (χ0v) is 18.6. The van der Waals surface area contributed by atoms with Gasteiger partial charge in [-0.15, -0.1) is 10.2 Å². The Bertz CT molecular complexity index is 1250. The first-order valence-electron chi connectivity index (χ1n) is 10.5. The normalized spacial score (nSPS) is 15.2. The third-order valence-electron chi connectivity index (χ3n) is 5.91. The largest absolute Gasteiger partial charge is 0.496 e. The summed E-state index contributed by atoms with van der Waals surface area (Å²) >= 11 is 0. The number of halogens is 2. The Morgan fingerprint density at radius 2 is 1.76 bits per heavy atom. The molecular formula is C23H22F2N4O5. The number of methoxy groups -OCH3 is 2. The van der Waals surface area contributed by atoms with E-state index in [1.807, 2.05) is 0 Å². The first-order valence-corrected chi connectivity index (χ1v) is 10.5. The lowest BCUT2D eigenvalue weighted by Crippen LogP contribution is -2.45. The van der Waals surface area contributed by atoms with E-state index in [1.54, 1.807) is 12.1 Å². The van der Waals surface area contributed by atoms with Crippen LogP contribution in [0.4, 0.5) is 8.78 Å². The summed E-state index contributed by atoms with van der Waals surface area (Å²) in [6, 6.07) is 7.13. The lowest BCUT2D eigenvalue weighted by atomic mass is 9.87. The molecule has 9 nitrogen and oxygen atoms in total. The van der Waals surface area contributed by atoms with Crippen LogP contribution in [0.1, 0.15) is 39.4 Å². The second-order valence-corrected chi connectivity index (χ2v) is 8.07. The summed E-state index contributed by atoms with van der Waals surface area (Å²) in [6.45, 7) is 0.321. The van der Waals surface area contributed by atoms with Crippen LogP contribution in [0.15, 0.2) is 36.5 Å². The molecule has 4 rings (SSSR count). The van der Waals surface area contributed by atoms with E-state index in [0.717, 1.165) is 7.11 Å². The summed E-state index contributed by atoms with van der Waals surface area (Å²) in [5, 5.41) is 7.57. The highest BCUT2D eigenvalue weighted by molar-refractivity contribution is 6.39. The molecule has 34 heavy (non-hydrogen) atoms. The fraction of sp³-hybridized carbons (Fsp3) is 0.348. The number of carbonyl (C=O) groups excluding carboxylic acids is 3. The van der Waals surface area contributed by atoms with Crippen molar-refractivity contribution in [2.45, 2.75) is 24.9 Å². The molecule has 0 saturated carbocycles. The van der Waals surface area contributed by atoms with Gasteiger partial charge >= 0.3 is 11.8 Å². The van der Waals surface area contributed by atoms with Crippen LogP contribution in [0, 0.1) is 5.82 Å². The summed E-state index contributed by atoms with van der Waals surface area (Å²) in [4.78, 5) is 38.7. The predicted molar refractivity (Wildman–Crippen MR) is 115 cm³/mol. The van der Waals surface area contributed by atoms with Gasteiger partial charge < -0.3 is 14.4 Å². The Labute approximate surface area is 193 Å². The molecule has 0 radical (unpaired) electrons. The number of alkyl halides is 1. The highest BCUT2D eigenvalue weighted by Gasteiger charge is 2.37. The van der Waals surface area contributed by atoms with E-state index in [2.05, 4.69) is 14.9 Å². The number of amides is 1. The SMILES string of the molecule is COC(=O)C(=O)c1nnc2cc(OC)c(C(=O)N3CCC(F)(Cc4ccc(F)cc4)CC3)cn12. The number of ether oxygens (including phenoxy) is 2. The van der Waals surface area contributed by atoms with Gasteiger partial charge in [0.1, 0.15) is 17.2 Å². The first kappa shape index (κ1) is 23.3. The topological polar surface area (TPSA) is 103 Å². The average molecular weight is 472 g/mol. The molecule has 178 valence electrons. The van der Waals surface area contributed by atoms with E-state index in [4.69, 9.17) is 4.74 Å². The van der Waals surface area contributed by atoms with Crippen LogP contribution in [-0.4, -0.2) is 70.1 Å². The quantitative estimate of drug-likeness (QED) is 0.308. The number of benzene rings is 1. The van der Waals surface area contributed by atoms with Crippen LogP contribution in [-0.2, 0) is 16.0 Å². The Morgan fingerprint density at radius 3 is 2.38 bits per heavy atom. The van der Waals surface area contributed by atoms with Gasteiger partial charge in [0.15, 0.2) is 5.65 Å². The number of pyridine rings is 1. The molecule has 0 unspecified atom stereocenters. The molecule has 1 aliphatic rings. The van der Waals surface area contributed by atoms with Gasteiger partial charge in [0, 0.05) is 31.8 Å². The molecule has 3 aromatic rings. The van der Waals surface area contributed by atoms with E-state index >= 15 is 4.39 Å². The number of fused-ring (bicyclic) bond motifs is 1. The molecule has 11 heteroatoms. The number of Topliss-reactive ketones (excluding diaryl/α,β-unsaturated/α-hetero) is 1. The van der Waals surface area contributed by atoms with E-state index in [0.29, 0.717) is 5.56 Å². The zero-order valence-electron chi connectivity index (χ0n) is 18.6. The molecule has 2 aromatic heterocycles. The number of hydrogen-bond acceptors (Lipinski definition) is 7. The van der Waals surface area contributed by atoms with Gasteiger partial charge in [-0.1, -0.05) is 12.1 Å². The van der Waals surface area contributed by atoms with Crippen molar-refractivity contribution in [3.63, 3.8) is 0 Å². The fourth-order valence-electron chi connectivity index (χ4n) is 4.01. The molecule has 0 aliphatic carbocycles. The highest BCUT2D eigenvalue weighted by Crippen LogP contribution is 2.32. The van der Waals surface area contributed by atoms with Gasteiger partial charge in [-0.25, -0.2) is 13.6 Å². The van der Waals surface area contributed by atoms with E-state index in [1.165, 1.54) is 40.8 Å². The number of ketones is 1. The summed E-state index contributed by atoms with van der Waals surface area (Å²) in [6.07, 6.45) is 1.67. The monoisotopic (exact) mass is 472 g/mol. The second-order valence-electron chi connectivity index (χ2n) is 8.07. The van der Waals surface area contributed by atoms with Crippen molar-refractivity contribution >= 4 is 23.3 Å². The minimum absolute atomic E-state index is 0.110. The summed E-state index contributed by atoms with van der Waals surface area (Å²) in [5.41, 5.74) is -0.525. The Balaban J connectivity index is 1.55. The van der Waals surface area contributed by atoms with Crippen LogP contribution in [0.5, 0.6) is 5.75 Å². The van der Waals surface area contributed by atoms with Crippen molar-refractivity contribution in [3.05, 3.63) is 59.3 Å². The molecule has 0 N–H and O–H groups in total.